The third-order valence-corrected chi connectivity index (χ3v) is 2.96. The van der Waals surface area contributed by atoms with Crippen molar-refractivity contribution < 1.29 is 4.74 Å². The number of hydrogen-bond donors (Lipinski definition) is 0. The Morgan fingerprint density at radius 3 is 2.39 bits per heavy atom. The van der Waals surface area contributed by atoms with Crippen LogP contribution in [0.3, 0.4) is 0 Å². The molecule has 1 heteroatoms. The van der Waals surface area contributed by atoms with Crippen LogP contribution in [0.1, 0.15) is 24.5 Å². The predicted molar refractivity (Wildman–Crippen MR) is 76.4 cm³/mol. The van der Waals surface area contributed by atoms with Crippen LogP contribution in [0, 0.1) is 12.3 Å². The van der Waals surface area contributed by atoms with Gasteiger partial charge in [0.2, 0.25) is 0 Å². The first-order chi connectivity index (χ1) is 8.83. The summed E-state index contributed by atoms with van der Waals surface area (Å²) in [5.74, 6) is 2.47. The highest BCUT2D eigenvalue weighted by atomic mass is 16.5. The number of ether oxygens (including phenoxy) is 1. The summed E-state index contributed by atoms with van der Waals surface area (Å²) < 4.78 is 5.34. The van der Waals surface area contributed by atoms with Gasteiger partial charge in [-0.2, -0.15) is 0 Å². The van der Waals surface area contributed by atoms with Gasteiger partial charge in [0.05, 0.1) is 6.61 Å². The molecule has 2 aromatic carbocycles. The number of fused-ring (bicyclic) bond motifs is 1. The van der Waals surface area contributed by atoms with E-state index in [9.17, 15) is 0 Å². The molecule has 2 rings (SSSR count). The van der Waals surface area contributed by atoms with E-state index in [0.717, 1.165) is 6.42 Å². The zero-order chi connectivity index (χ0) is 12.8. The molecule has 0 heterocycles. The lowest BCUT2D eigenvalue weighted by atomic mass is 10.0. The second-order valence-electron chi connectivity index (χ2n) is 4.46. The monoisotopic (exact) mass is 238 g/mol. The quantitative estimate of drug-likeness (QED) is 0.566. The van der Waals surface area contributed by atoms with Crippen LogP contribution in [0.25, 0.3) is 10.8 Å². The van der Waals surface area contributed by atoms with Gasteiger partial charge >= 0.3 is 0 Å². The molecule has 92 valence electrons. The molecule has 0 radical (unpaired) electrons. The van der Waals surface area contributed by atoms with Crippen molar-refractivity contribution >= 4 is 10.8 Å². The highest BCUT2D eigenvalue weighted by Crippen LogP contribution is 2.19. The summed E-state index contributed by atoms with van der Waals surface area (Å²) in [4.78, 5) is 0. The molecule has 0 atom stereocenters. The minimum atomic E-state index is 0.369. The molecule has 0 fully saturated rings. The molecule has 0 amide bonds. The SMILES string of the molecule is C#CCOCc1ccc2cc(CCC)ccc2c1. The molecule has 0 aliphatic rings. The Morgan fingerprint density at radius 2 is 1.72 bits per heavy atom. The third-order valence-electron chi connectivity index (χ3n) is 2.96. The summed E-state index contributed by atoms with van der Waals surface area (Å²) in [7, 11) is 0. The molecule has 0 N–H and O–H groups in total. The molecule has 0 aliphatic heterocycles. The molecule has 1 nitrogen and oxygen atoms in total. The topological polar surface area (TPSA) is 9.23 Å². The fourth-order valence-electron chi connectivity index (χ4n) is 2.11. The van der Waals surface area contributed by atoms with Crippen molar-refractivity contribution in [3.8, 4) is 12.3 Å². The molecule has 0 aliphatic carbocycles. The molecule has 0 saturated heterocycles. The summed E-state index contributed by atoms with van der Waals surface area (Å²) in [5.41, 5.74) is 2.57. The van der Waals surface area contributed by atoms with Crippen LogP contribution >= 0.6 is 0 Å². The van der Waals surface area contributed by atoms with Crippen LogP contribution in [0.15, 0.2) is 36.4 Å². The van der Waals surface area contributed by atoms with Gasteiger partial charge in [-0.3, -0.25) is 0 Å². The highest BCUT2D eigenvalue weighted by Gasteiger charge is 1.99. The third kappa shape index (κ3) is 3.12. The first-order valence-electron chi connectivity index (χ1n) is 6.36. The minimum Gasteiger partial charge on any atom is -0.364 e. The fourth-order valence-corrected chi connectivity index (χ4v) is 2.11. The Labute approximate surface area is 109 Å². The molecule has 0 saturated carbocycles. The van der Waals surface area contributed by atoms with Gasteiger partial charge in [-0.1, -0.05) is 49.6 Å². The maximum absolute atomic E-state index is 5.34. The van der Waals surface area contributed by atoms with Gasteiger partial charge < -0.3 is 4.74 Å². The fraction of sp³-hybridized carbons (Fsp3) is 0.294. The Balaban J connectivity index is 2.19. The summed E-state index contributed by atoms with van der Waals surface area (Å²) in [6.07, 6.45) is 7.48. The summed E-state index contributed by atoms with van der Waals surface area (Å²) in [5, 5.41) is 2.55. The summed E-state index contributed by atoms with van der Waals surface area (Å²) in [6, 6.07) is 13.1. The van der Waals surface area contributed by atoms with Crippen LogP contribution in [0.4, 0.5) is 0 Å². The van der Waals surface area contributed by atoms with E-state index < -0.39 is 0 Å². The average molecular weight is 238 g/mol. The van der Waals surface area contributed by atoms with Crippen molar-refractivity contribution in [2.75, 3.05) is 6.61 Å². The lowest BCUT2D eigenvalue weighted by molar-refractivity contribution is 0.153. The van der Waals surface area contributed by atoms with Crippen molar-refractivity contribution in [2.45, 2.75) is 26.4 Å². The maximum Gasteiger partial charge on any atom is 0.107 e. The Bertz CT molecular complexity index is 563. The van der Waals surface area contributed by atoms with Crippen LogP contribution < -0.4 is 0 Å². The summed E-state index contributed by atoms with van der Waals surface area (Å²) in [6.45, 7) is 3.15. The largest absolute Gasteiger partial charge is 0.364 e. The number of benzene rings is 2. The number of rotatable bonds is 5. The van der Waals surface area contributed by atoms with Gasteiger partial charge in [-0.15, -0.1) is 6.42 Å². The van der Waals surface area contributed by atoms with E-state index in [1.165, 1.54) is 28.3 Å². The van der Waals surface area contributed by atoms with E-state index in [1.807, 2.05) is 0 Å². The molecule has 0 unspecified atom stereocenters. The number of hydrogen-bond acceptors (Lipinski definition) is 1. The van der Waals surface area contributed by atoms with Gasteiger partial charge in [-0.05, 0) is 34.4 Å². The van der Waals surface area contributed by atoms with Gasteiger partial charge in [0.1, 0.15) is 6.61 Å². The van der Waals surface area contributed by atoms with Crippen LogP contribution in [-0.4, -0.2) is 6.61 Å². The van der Waals surface area contributed by atoms with Crippen molar-refractivity contribution in [3.63, 3.8) is 0 Å². The number of terminal acetylenes is 1. The molecule has 2 aromatic rings. The lowest BCUT2D eigenvalue weighted by Gasteiger charge is -2.05. The van der Waals surface area contributed by atoms with Crippen molar-refractivity contribution in [2.24, 2.45) is 0 Å². The first kappa shape index (κ1) is 12.7. The van der Waals surface area contributed by atoms with E-state index in [2.05, 4.69) is 49.2 Å². The molecule has 18 heavy (non-hydrogen) atoms. The van der Waals surface area contributed by atoms with Gasteiger partial charge in [0.15, 0.2) is 0 Å². The predicted octanol–water partition coefficient (Wildman–Crippen LogP) is 3.94. The van der Waals surface area contributed by atoms with Gasteiger partial charge in [0, 0.05) is 0 Å². The molecular weight excluding hydrogens is 220 g/mol. The molecular formula is C17H18O. The van der Waals surface area contributed by atoms with E-state index in [1.54, 1.807) is 0 Å². The summed E-state index contributed by atoms with van der Waals surface area (Å²) >= 11 is 0. The van der Waals surface area contributed by atoms with Gasteiger partial charge in [-0.25, -0.2) is 0 Å². The Hall–Kier alpha value is -1.78. The Kier molecular flexibility index (Phi) is 4.39. The molecule has 0 bridgehead atoms. The van der Waals surface area contributed by atoms with Crippen LogP contribution in [0.5, 0.6) is 0 Å². The first-order valence-corrected chi connectivity index (χ1v) is 6.36. The van der Waals surface area contributed by atoms with E-state index in [0.29, 0.717) is 13.2 Å². The van der Waals surface area contributed by atoms with E-state index in [-0.39, 0.29) is 0 Å². The highest BCUT2D eigenvalue weighted by molar-refractivity contribution is 5.83. The normalized spacial score (nSPS) is 10.4. The average Bonchev–Trinajstić information content (AvgIpc) is 2.39. The standard InChI is InChI=1S/C17H18O/c1-3-5-14-6-8-17-12-15(13-18-10-4-2)7-9-16(17)11-14/h2,6-9,11-12H,3,5,10,13H2,1H3. The minimum absolute atomic E-state index is 0.369. The van der Waals surface area contributed by atoms with E-state index in [4.69, 9.17) is 11.2 Å². The van der Waals surface area contributed by atoms with Crippen molar-refractivity contribution in [1.29, 1.82) is 0 Å². The smallest absolute Gasteiger partial charge is 0.107 e. The van der Waals surface area contributed by atoms with Gasteiger partial charge in [0.25, 0.3) is 0 Å². The second kappa shape index (κ2) is 6.23. The lowest BCUT2D eigenvalue weighted by Crippen LogP contribution is -1.93. The zero-order valence-electron chi connectivity index (χ0n) is 10.8. The van der Waals surface area contributed by atoms with E-state index >= 15 is 0 Å². The second-order valence-corrected chi connectivity index (χ2v) is 4.46. The van der Waals surface area contributed by atoms with Crippen molar-refractivity contribution in [3.05, 3.63) is 47.5 Å². The molecule has 0 aromatic heterocycles. The van der Waals surface area contributed by atoms with Crippen LogP contribution in [0.2, 0.25) is 0 Å². The van der Waals surface area contributed by atoms with Crippen molar-refractivity contribution in [1.82, 2.24) is 0 Å². The zero-order valence-corrected chi connectivity index (χ0v) is 10.8. The Morgan fingerprint density at radius 1 is 1.06 bits per heavy atom. The maximum atomic E-state index is 5.34. The van der Waals surface area contributed by atoms with Crippen LogP contribution in [-0.2, 0) is 17.8 Å². The molecule has 0 spiro atoms. The number of aryl methyl sites for hydroxylation is 1.